The van der Waals surface area contributed by atoms with Crippen LogP contribution in [0.25, 0.3) is 21.9 Å². The van der Waals surface area contributed by atoms with Crippen molar-refractivity contribution in [3.63, 3.8) is 0 Å². The molecule has 2 fully saturated rings. The number of aromatic nitrogens is 4. The minimum atomic E-state index is -0.0635. The van der Waals surface area contributed by atoms with Gasteiger partial charge in [0.25, 0.3) is 0 Å². The van der Waals surface area contributed by atoms with Crippen LogP contribution in [0.15, 0.2) is 71.9 Å². The van der Waals surface area contributed by atoms with Gasteiger partial charge in [-0.25, -0.2) is 19.7 Å². The smallest absolute Gasteiger partial charge is 0.317 e. The number of carbonyl (C=O) groups excluding carboxylic acids is 1. The number of nitrogens with zero attached hydrogens (tertiary/aromatic N) is 6. The van der Waals surface area contributed by atoms with Crippen molar-refractivity contribution in [2.45, 2.75) is 25.4 Å². The van der Waals surface area contributed by atoms with Crippen LogP contribution in [0.2, 0.25) is 0 Å². The zero-order valence-corrected chi connectivity index (χ0v) is 22.7. The Bertz CT molecular complexity index is 1640. The molecule has 7 rings (SSSR count). The van der Waals surface area contributed by atoms with Crippen molar-refractivity contribution in [1.29, 1.82) is 0 Å². The first-order valence-corrected chi connectivity index (χ1v) is 14.1. The Balaban J connectivity index is 1.02. The quantitative estimate of drug-likeness (QED) is 0.309. The van der Waals surface area contributed by atoms with E-state index in [1.165, 1.54) is 0 Å². The predicted octanol–water partition coefficient (Wildman–Crippen LogP) is 4.18. The molecular formula is C30H32N8O3. The van der Waals surface area contributed by atoms with E-state index in [4.69, 9.17) is 9.15 Å². The highest BCUT2D eigenvalue weighted by molar-refractivity contribution is 5.91. The normalized spacial score (nSPS) is 17.5. The number of carbonyl (C=O) groups is 1. The zero-order valence-electron chi connectivity index (χ0n) is 22.7. The Morgan fingerprint density at radius 1 is 1.05 bits per heavy atom. The molecule has 2 amide bonds. The van der Waals surface area contributed by atoms with Crippen LogP contribution >= 0.6 is 0 Å². The summed E-state index contributed by atoms with van der Waals surface area (Å²) in [5.41, 5.74) is 2.68. The van der Waals surface area contributed by atoms with Crippen LogP contribution in [0.1, 0.15) is 18.6 Å². The monoisotopic (exact) mass is 552 g/mol. The van der Waals surface area contributed by atoms with E-state index in [-0.39, 0.29) is 12.1 Å². The number of ether oxygens (including phenoxy) is 1. The number of H-pyrrole nitrogens is 1. The average molecular weight is 553 g/mol. The molecule has 1 atom stereocenters. The largest absolute Gasteiger partial charge is 0.491 e. The van der Waals surface area contributed by atoms with Gasteiger partial charge in [-0.1, -0.05) is 18.2 Å². The molecule has 11 heteroatoms. The van der Waals surface area contributed by atoms with Gasteiger partial charge in [0.1, 0.15) is 30.0 Å². The van der Waals surface area contributed by atoms with Crippen molar-refractivity contribution in [1.82, 2.24) is 30.2 Å². The number of benzene rings is 2. The van der Waals surface area contributed by atoms with Gasteiger partial charge in [-0.15, -0.1) is 0 Å². The van der Waals surface area contributed by atoms with Crippen molar-refractivity contribution in [3.8, 4) is 5.75 Å². The standard InChI is InChI=1S/C30H32N8O3/c39-30(31-17-24-6-3-15-40-24)37-13-11-36(12-14-37)22-9-8-21-4-1-7-26(25(21)16-22)41-18-23-5-2-10-38(23)29-27-28(33-19-32-27)34-20-35-29/h1,3-4,6-9,15-16,19-20,23H,2,5,10-14,17-18H2,(H,31,39)(H,32,33,34,35)/t23-/m1/s1. The third-order valence-corrected chi connectivity index (χ3v) is 8.04. The number of hydrogen-bond donors (Lipinski definition) is 2. The van der Waals surface area contributed by atoms with Gasteiger partial charge in [0.2, 0.25) is 0 Å². The van der Waals surface area contributed by atoms with Gasteiger partial charge in [-0.3, -0.25) is 0 Å². The maximum atomic E-state index is 12.6. The summed E-state index contributed by atoms with van der Waals surface area (Å²) in [6.45, 7) is 4.72. The number of anilines is 2. The van der Waals surface area contributed by atoms with E-state index in [2.05, 4.69) is 59.3 Å². The summed E-state index contributed by atoms with van der Waals surface area (Å²) in [5, 5.41) is 5.17. The molecule has 0 spiro atoms. The van der Waals surface area contributed by atoms with Crippen molar-refractivity contribution >= 4 is 39.5 Å². The molecule has 2 aliphatic heterocycles. The molecule has 2 aliphatic rings. The molecule has 0 saturated carbocycles. The second kappa shape index (κ2) is 11.0. The minimum absolute atomic E-state index is 0.0635. The molecule has 0 unspecified atom stereocenters. The molecule has 11 nitrogen and oxygen atoms in total. The molecule has 0 bridgehead atoms. The average Bonchev–Trinajstić information content (AvgIpc) is 3.81. The molecule has 2 saturated heterocycles. The summed E-state index contributed by atoms with van der Waals surface area (Å²) in [7, 11) is 0. The maximum Gasteiger partial charge on any atom is 0.317 e. The van der Waals surface area contributed by atoms with Crippen molar-refractivity contribution in [2.24, 2.45) is 0 Å². The number of hydrogen-bond acceptors (Lipinski definition) is 8. The van der Waals surface area contributed by atoms with E-state index in [1.807, 2.05) is 29.2 Å². The van der Waals surface area contributed by atoms with Gasteiger partial charge in [-0.05, 0) is 48.6 Å². The Morgan fingerprint density at radius 2 is 1.98 bits per heavy atom. The van der Waals surface area contributed by atoms with Gasteiger partial charge >= 0.3 is 6.03 Å². The Labute approximate surface area is 237 Å². The van der Waals surface area contributed by atoms with Gasteiger partial charge < -0.3 is 34.2 Å². The molecule has 0 aliphatic carbocycles. The van der Waals surface area contributed by atoms with E-state index < -0.39 is 0 Å². The van der Waals surface area contributed by atoms with Gasteiger partial charge in [-0.2, -0.15) is 0 Å². The third-order valence-electron chi connectivity index (χ3n) is 8.04. The van der Waals surface area contributed by atoms with Gasteiger partial charge in [0, 0.05) is 43.8 Å². The SMILES string of the molecule is O=C(NCc1ccco1)N1CCN(c2ccc3cccc(OC[C@H]4CCCN4c4ncnc5nc[nH]c45)c3c2)CC1. The highest BCUT2D eigenvalue weighted by atomic mass is 16.5. The number of fused-ring (bicyclic) bond motifs is 2. The zero-order chi connectivity index (χ0) is 27.6. The van der Waals surface area contributed by atoms with E-state index in [0.717, 1.165) is 71.8 Å². The van der Waals surface area contributed by atoms with E-state index >= 15 is 0 Å². The number of rotatable bonds is 7. The first-order chi connectivity index (χ1) is 20.2. The van der Waals surface area contributed by atoms with Crippen LogP contribution in [0.3, 0.4) is 0 Å². The summed E-state index contributed by atoms with van der Waals surface area (Å²) in [4.78, 5) is 35.4. The molecule has 2 aromatic carbocycles. The summed E-state index contributed by atoms with van der Waals surface area (Å²) < 4.78 is 11.8. The van der Waals surface area contributed by atoms with Crippen molar-refractivity contribution < 1.29 is 13.9 Å². The van der Waals surface area contributed by atoms with Crippen LogP contribution in [-0.4, -0.2) is 76.2 Å². The lowest BCUT2D eigenvalue weighted by Crippen LogP contribution is -2.51. The molecule has 210 valence electrons. The number of aromatic amines is 1. The first-order valence-electron chi connectivity index (χ1n) is 14.1. The van der Waals surface area contributed by atoms with Gasteiger partial charge in [0.05, 0.1) is 25.2 Å². The Kier molecular flexibility index (Phi) is 6.75. The summed E-state index contributed by atoms with van der Waals surface area (Å²) >= 11 is 0. The van der Waals surface area contributed by atoms with Crippen LogP contribution in [0, 0.1) is 0 Å². The van der Waals surface area contributed by atoms with Crippen LogP contribution in [-0.2, 0) is 6.54 Å². The number of imidazole rings is 1. The van der Waals surface area contributed by atoms with Crippen LogP contribution < -0.4 is 19.9 Å². The Morgan fingerprint density at radius 3 is 2.85 bits per heavy atom. The van der Waals surface area contributed by atoms with Crippen LogP contribution in [0.5, 0.6) is 5.75 Å². The van der Waals surface area contributed by atoms with Crippen molar-refractivity contribution in [3.05, 3.63) is 73.2 Å². The van der Waals surface area contributed by atoms with Crippen molar-refractivity contribution in [2.75, 3.05) is 49.1 Å². The van der Waals surface area contributed by atoms with E-state index in [0.29, 0.717) is 31.9 Å². The highest BCUT2D eigenvalue weighted by Gasteiger charge is 2.29. The summed E-state index contributed by atoms with van der Waals surface area (Å²) in [6, 6.07) is 16.5. The number of nitrogens with one attached hydrogen (secondary N) is 2. The highest BCUT2D eigenvalue weighted by Crippen LogP contribution is 2.32. The second-order valence-electron chi connectivity index (χ2n) is 10.5. The lowest BCUT2D eigenvalue weighted by atomic mass is 10.1. The molecule has 5 heterocycles. The molecule has 2 N–H and O–H groups in total. The number of furan rings is 1. The molecule has 3 aromatic heterocycles. The summed E-state index contributed by atoms with van der Waals surface area (Å²) in [6.07, 6.45) is 6.97. The lowest BCUT2D eigenvalue weighted by molar-refractivity contribution is 0.193. The molecular weight excluding hydrogens is 520 g/mol. The van der Waals surface area contributed by atoms with E-state index in [1.54, 1.807) is 18.9 Å². The Hall–Kier alpha value is -4.80. The maximum absolute atomic E-state index is 12.6. The number of piperazine rings is 1. The number of urea groups is 1. The lowest BCUT2D eigenvalue weighted by Gasteiger charge is -2.36. The summed E-state index contributed by atoms with van der Waals surface area (Å²) in [5.74, 6) is 2.50. The topological polar surface area (TPSA) is 116 Å². The first kappa shape index (κ1) is 25.2. The fraction of sp³-hybridized carbons (Fsp3) is 0.333. The predicted molar refractivity (Wildman–Crippen MR) is 156 cm³/mol. The third kappa shape index (κ3) is 5.10. The minimum Gasteiger partial charge on any atom is -0.491 e. The second-order valence-corrected chi connectivity index (χ2v) is 10.5. The van der Waals surface area contributed by atoms with Crippen LogP contribution in [0.4, 0.5) is 16.3 Å². The fourth-order valence-corrected chi connectivity index (χ4v) is 5.85. The van der Waals surface area contributed by atoms with Gasteiger partial charge in [0.15, 0.2) is 11.5 Å². The fourth-order valence-electron chi connectivity index (χ4n) is 5.85. The van der Waals surface area contributed by atoms with E-state index in [9.17, 15) is 4.79 Å². The molecule has 5 aromatic rings. The molecule has 0 radical (unpaired) electrons. The number of amides is 2. The molecule has 41 heavy (non-hydrogen) atoms.